The van der Waals surface area contributed by atoms with Gasteiger partial charge in [-0.25, -0.2) is 0 Å². The van der Waals surface area contributed by atoms with Gasteiger partial charge in [-0.1, -0.05) is 28.1 Å². The van der Waals surface area contributed by atoms with Crippen molar-refractivity contribution in [3.63, 3.8) is 0 Å². The largest absolute Gasteiger partial charge is 0.366 e. The van der Waals surface area contributed by atoms with Gasteiger partial charge >= 0.3 is 0 Å². The van der Waals surface area contributed by atoms with Gasteiger partial charge in [0.05, 0.1) is 0 Å². The minimum atomic E-state index is 0.306. The highest BCUT2D eigenvalue weighted by atomic mass is 79.9. The van der Waals surface area contributed by atoms with Crippen LogP contribution < -0.4 is 0 Å². The second-order valence-corrected chi connectivity index (χ2v) is 6.40. The number of halogens is 1. The van der Waals surface area contributed by atoms with Crippen molar-refractivity contribution in [2.24, 2.45) is 5.92 Å². The lowest BCUT2D eigenvalue weighted by Crippen LogP contribution is -2.52. The molecule has 98 valence electrons. The molecule has 1 saturated heterocycles. The summed E-state index contributed by atoms with van der Waals surface area (Å²) in [7, 11) is 4.04. The van der Waals surface area contributed by atoms with Gasteiger partial charge in [0.25, 0.3) is 0 Å². The van der Waals surface area contributed by atoms with E-state index in [9.17, 15) is 0 Å². The van der Waals surface area contributed by atoms with E-state index in [2.05, 4.69) is 46.1 Å². The van der Waals surface area contributed by atoms with Gasteiger partial charge in [-0.05, 0) is 55.8 Å². The maximum Gasteiger partial charge on any atom is 0.110 e. The van der Waals surface area contributed by atoms with E-state index in [1.54, 1.807) is 0 Å². The Kier molecular flexibility index (Phi) is 3.48. The minimum Gasteiger partial charge on any atom is -0.366 e. The monoisotopic (exact) mass is 309 g/mol. The summed E-state index contributed by atoms with van der Waals surface area (Å²) in [4.78, 5) is 2.44. The Morgan fingerprint density at radius 3 is 2.89 bits per heavy atom. The molecule has 3 heteroatoms. The molecule has 0 aromatic heterocycles. The van der Waals surface area contributed by atoms with Gasteiger partial charge in [0, 0.05) is 17.6 Å². The van der Waals surface area contributed by atoms with Gasteiger partial charge in [-0.15, -0.1) is 0 Å². The van der Waals surface area contributed by atoms with Crippen LogP contribution in [0.3, 0.4) is 0 Å². The molecular weight excluding hydrogens is 290 g/mol. The van der Waals surface area contributed by atoms with Crippen LogP contribution >= 0.6 is 15.9 Å². The van der Waals surface area contributed by atoms with E-state index in [0.717, 1.165) is 18.8 Å². The standard InChI is InChI=1S/C15H20BrNO/c1-17-14-9-10-4-3-5-13(16)12(10)8-11(14)6-7-15(17)18-2/h3-5,11,14-15H,6-9H2,1-2H3/t11-,14-,15?/m1/s1. The lowest BCUT2D eigenvalue weighted by Gasteiger charge is -2.46. The summed E-state index contributed by atoms with van der Waals surface area (Å²) in [6.07, 6.45) is 5.13. The predicted octanol–water partition coefficient (Wildman–Crippen LogP) is 3.23. The summed E-state index contributed by atoms with van der Waals surface area (Å²) in [5, 5.41) is 0. The Morgan fingerprint density at radius 1 is 1.28 bits per heavy atom. The average Bonchev–Trinajstić information content (AvgIpc) is 2.39. The Bertz CT molecular complexity index is 448. The van der Waals surface area contributed by atoms with Gasteiger partial charge in [0.2, 0.25) is 0 Å². The maximum atomic E-state index is 5.58. The SMILES string of the molecule is COC1CC[C@@H]2Cc3c(Br)cccc3C[C@H]2N1C. The summed E-state index contributed by atoms with van der Waals surface area (Å²) < 4.78 is 6.87. The summed E-state index contributed by atoms with van der Waals surface area (Å²) in [6, 6.07) is 7.25. The molecule has 2 nitrogen and oxygen atoms in total. The van der Waals surface area contributed by atoms with Crippen molar-refractivity contribution in [2.45, 2.75) is 38.0 Å². The van der Waals surface area contributed by atoms with E-state index < -0.39 is 0 Å². The van der Waals surface area contributed by atoms with Crippen molar-refractivity contribution in [2.75, 3.05) is 14.2 Å². The normalized spacial score (nSPS) is 31.8. The Labute approximate surface area is 117 Å². The number of fused-ring (bicyclic) bond motifs is 2. The average molecular weight is 310 g/mol. The van der Waals surface area contributed by atoms with Crippen molar-refractivity contribution < 1.29 is 4.74 Å². The van der Waals surface area contributed by atoms with Crippen LogP contribution in [0.15, 0.2) is 22.7 Å². The van der Waals surface area contributed by atoms with Crippen LogP contribution in [0.2, 0.25) is 0 Å². The van der Waals surface area contributed by atoms with Crippen LogP contribution in [-0.4, -0.2) is 31.3 Å². The van der Waals surface area contributed by atoms with Crippen LogP contribution in [0.5, 0.6) is 0 Å². The third-order valence-electron chi connectivity index (χ3n) is 4.69. The molecule has 18 heavy (non-hydrogen) atoms. The Hall–Kier alpha value is -0.380. The smallest absolute Gasteiger partial charge is 0.110 e. The van der Waals surface area contributed by atoms with Gasteiger partial charge < -0.3 is 4.74 Å². The zero-order valence-corrected chi connectivity index (χ0v) is 12.6. The van der Waals surface area contributed by atoms with E-state index in [4.69, 9.17) is 4.74 Å². The first-order valence-electron chi connectivity index (χ1n) is 6.71. The van der Waals surface area contributed by atoms with E-state index in [1.165, 1.54) is 28.4 Å². The minimum absolute atomic E-state index is 0.306. The van der Waals surface area contributed by atoms with Crippen molar-refractivity contribution >= 4 is 15.9 Å². The van der Waals surface area contributed by atoms with Crippen molar-refractivity contribution in [1.82, 2.24) is 4.90 Å². The van der Waals surface area contributed by atoms with Gasteiger partial charge in [0.15, 0.2) is 0 Å². The molecule has 0 radical (unpaired) electrons. The van der Waals surface area contributed by atoms with Gasteiger partial charge in [0.1, 0.15) is 6.23 Å². The zero-order valence-electron chi connectivity index (χ0n) is 11.0. The maximum absolute atomic E-state index is 5.58. The number of nitrogens with zero attached hydrogens (tertiary/aromatic N) is 1. The third-order valence-corrected chi connectivity index (χ3v) is 5.43. The Morgan fingerprint density at radius 2 is 2.11 bits per heavy atom. The lowest BCUT2D eigenvalue weighted by molar-refractivity contribution is -0.0880. The van der Waals surface area contributed by atoms with Crippen molar-refractivity contribution in [3.05, 3.63) is 33.8 Å². The molecule has 1 aromatic carbocycles. The molecule has 3 rings (SSSR count). The fourth-order valence-electron chi connectivity index (χ4n) is 3.64. The highest BCUT2D eigenvalue weighted by Crippen LogP contribution is 2.38. The highest BCUT2D eigenvalue weighted by Gasteiger charge is 2.38. The number of likely N-dealkylation sites (N-methyl/N-ethyl adjacent to an activating group) is 1. The van der Waals surface area contributed by atoms with E-state index in [0.29, 0.717) is 12.3 Å². The highest BCUT2D eigenvalue weighted by molar-refractivity contribution is 9.10. The molecule has 2 aliphatic rings. The van der Waals surface area contributed by atoms with Crippen LogP contribution in [-0.2, 0) is 17.6 Å². The summed E-state index contributed by atoms with van der Waals surface area (Å²) in [6.45, 7) is 0. The fourth-order valence-corrected chi connectivity index (χ4v) is 4.21. The second-order valence-electron chi connectivity index (χ2n) is 5.55. The molecule has 0 spiro atoms. The molecule has 1 aliphatic carbocycles. The number of rotatable bonds is 1. The topological polar surface area (TPSA) is 12.5 Å². The van der Waals surface area contributed by atoms with Crippen LogP contribution in [0.1, 0.15) is 24.0 Å². The number of hydrogen-bond acceptors (Lipinski definition) is 2. The number of likely N-dealkylation sites (tertiary alicyclic amines) is 1. The second kappa shape index (κ2) is 4.95. The third kappa shape index (κ3) is 2.02. The van der Waals surface area contributed by atoms with E-state index >= 15 is 0 Å². The first-order valence-corrected chi connectivity index (χ1v) is 7.51. The number of methoxy groups -OCH3 is 1. The molecular formula is C15H20BrNO. The summed E-state index contributed by atoms with van der Waals surface area (Å²) >= 11 is 3.70. The first-order chi connectivity index (χ1) is 8.70. The van der Waals surface area contributed by atoms with Gasteiger partial charge in [-0.2, -0.15) is 0 Å². The number of benzene rings is 1. The lowest BCUT2D eigenvalue weighted by atomic mass is 9.75. The fraction of sp³-hybridized carbons (Fsp3) is 0.600. The molecule has 0 saturated carbocycles. The van der Waals surface area contributed by atoms with Crippen molar-refractivity contribution in [1.29, 1.82) is 0 Å². The summed E-state index contributed by atoms with van der Waals surface area (Å²) in [5.74, 6) is 0.785. The zero-order chi connectivity index (χ0) is 12.7. The summed E-state index contributed by atoms with van der Waals surface area (Å²) in [5.41, 5.74) is 3.04. The van der Waals surface area contributed by atoms with E-state index in [1.807, 2.05) is 7.11 Å². The molecule has 0 amide bonds. The molecule has 1 unspecified atom stereocenters. The molecule has 3 atom stereocenters. The van der Waals surface area contributed by atoms with Gasteiger partial charge in [-0.3, -0.25) is 4.90 Å². The van der Waals surface area contributed by atoms with Crippen LogP contribution in [0, 0.1) is 5.92 Å². The molecule has 0 bridgehead atoms. The molecule has 1 heterocycles. The van der Waals surface area contributed by atoms with Crippen LogP contribution in [0.4, 0.5) is 0 Å². The first kappa shape index (κ1) is 12.6. The molecule has 0 N–H and O–H groups in total. The quantitative estimate of drug-likeness (QED) is 0.789. The molecule has 1 fully saturated rings. The van der Waals surface area contributed by atoms with Crippen molar-refractivity contribution in [3.8, 4) is 0 Å². The van der Waals surface area contributed by atoms with Crippen LogP contribution in [0.25, 0.3) is 0 Å². The number of hydrogen-bond donors (Lipinski definition) is 0. The number of ether oxygens (including phenoxy) is 1. The number of piperidine rings is 1. The molecule has 1 aliphatic heterocycles. The Balaban J connectivity index is 1.90. The molecule has 1 aromatic rings. The van der Waals surface area contributed by atoms with E-state index in [-0.39, 0.29) is 0 Å². The predicted molar refractivity (Wildman–Crippen MR) is 76.6 cm³/mol.